The smallest absolute Gasteiger partial charge is 0.130 e. The standard InChI is InChI=1S/C12H19N3O/c13-5-4-10-8-14-12(15-9-10)7-11-3-1-2-6-16-11/h8-9,11H,1-7,13H2. The van der Waals surface area contributed by atoms with Gasteiger partial charge in [0, 0.05) is 25.4 Å². The molecular formula is C12H19N3O. The fourth-order valence-corrected chi connectivity index (χ4v) is 1.95. The Labute approximate surface area is 96.2 Å². The van der Waals surface area contributed by atoms with Gasteiger partial charge in [-0.3, -0.25) is 0 Å². The van der Waals surface area contributed by atoms with Crippen molar-refractivity contribution in [1.29, 1.82) is 0 Å². The van der Waals surface area contributed by atoms with Gasteiger partial charge in [-0.1, -0.05) is 0 Å². The lowest BCUT2D eigenvalue weighted by Gasteiger charge is -2.21. The fourth-order valence-electron chi connectivity index (χ4n) is 1.95. The Morgan fingerprint density at radius 2 is 2.12 bits per heavy atom. The highest BCUT2D eigenvalue weighted by atomic mass is 16.5. The summed E-state index contributed by atoms with van der Waals surface area (Å²) in [5, 5.41) is 0. The normalized spacial score (nSPS) is 20.9. The predicted molar refractivity (Wildman–Crippen MR) is 62.1 cm³/mol. The van der Waals surface area contributed by atoms with Crippen LogP contribution in [0.15, 0.2) is 12.4 Å². The lowest BCUT2D eigenvalue weighted by atomic mass is 10.1. The van der Waals surface area contributed by atoms with E-state index in [0.717, 1.165) is 37.3 Å². The Balaban J connectivity index is 1.88. The SMILES string of the molecule is NCCc1cnc(CC2CCCCO2)nc1. The fraction of sp³-hybridized carbons (Fsp3) is 0.667. The lowest BCUT2D eigenvalue weighted by molar-refractivity contribution is 0.0156. The molecule has 1 aromatic rings. The summed E-state index contributed by atoms with van der Waals surface area (Å²) >= 11 is 0. The predicted octanol–water partition coefficient (Wildman–Crippen LogP) is 1.09. The second-order valence-corrected chi connectivity index (χ2v) is 4.24. The molecule has 0 bridgehead atoms. The van der Waals surface area contributed by atoms with Crippen LogP contribution < -0.4 is 5.73 Å². The number of ether oxygens (including phenoxy) is 1. The second-order valence-electron chi connectivity index (χ2n) is 4.24. The molecule has 2 N–H and O–H groups in total. The van der Waals surface area contributed by atoms with Crippen molar-refractivity contribution in [2.45, 2.75) is 38.2 Å². The van der Waals surface area contributed by atoms with E-state index < -0.39 is 0 Å². The zero-order chi connectivity index (χ0) is 11.2. The Morgan fingerprint density at radius 3 is 2.75 bits per heavy atom. The van der Waals surface area contributed by atoms with Crippen molar-refractivity contribution in [3.8, 4) is 0 Å². The molecule has 0 aliphatic carbocycles. The van der Waals surface area contributed by atoms with Crippen LogP contribution in [0, 0.1) is 0 Å². The average Bonchev–Trinajstić information content (AvgIpc) is 2.33. The van der Waals surface area contributed by atoms with Crippen molar-refractivity contribution in [1.82, 2.24) is 9.97 Å². The maximum absolute atomic E-state index is 5.66. The Hall–Kier alpha value is -1.00. The number of nitrogens with two attached hydrogens (primary N) is 1. The van der Waals surface area contributed by atoms with Crippen LogP contribution in [-0.2, 0) is 17.6 Å². The monoisotopic (exact) mass is 221 g/mol. The molecule has 1 aromatic heterocycles. The van der Waals surface area contributed by atoms with Crippen LogP contribution in [-0.4, -0.2) is 29.2 Å². The highest BCUT2D eigenvalue weighted by Gasteiger charge is 2.15. The molecule has 0 spiro atoms. The summed E-state index contributed by atoms with van der Waals surface area (Å²) in [7, 11) is 0. The van der Waals surface area contributed by atoms with Gasteiger partial charge in [-0.05, 0) is 37.8 Å². The van der Waals surface area contributed by atoms with Crippen LogP contribution >= 0.6 is 0 Å². The van der Waals surface area contributed by atoms with E-state index in [-0.39, 0.29) is 0 Å². The maximum Gasteiger partial charge on any atom is 0.130 e. The van der Waals surface area contributed by atoms with E-state index in [1.807, 2.05) is 12.4 Å². The zero-order valence-electron chi connectivity index (χ0n) is 9.56. The first-order valence-electron chi connectivity index (χ1n) is 6.00. The topological polar surface area (TPSA) is 61.0 Å². The van der Waals surface area contributed by atoms with Crippen molar-refractivity contribution >= 4 is 0 Å². The summed E-state index contributed by atoms with van der Waals surface area (Å²) in [6.07, 6.45) is 9.32. The van der Waals surface area contributed by atoms with Gasteiger partial charge in [0.25, 0.3) is 0 Å². The molecule has 1 aliphatic rings. The third-order valence-corrected chi connectivity index (χ3v) is 2.88. The van der Waals surface area contributed by atoms with Gasteiger partial charge in [0.05, 0.1) is 6.10 Å². The van der Waals surface area contributed by atoms with E-state index in [9.17, 15) is 0 Å². The van der Waals surface area contributed by atoms with Crippen LogP contribution in [0.3, 0.4) is 0 Å². The molecule has 2 rings (SSSR count). The molecule has 88 valence electrons. The average molecular weight is 221 g/mol. The Kier molecular flexibility index (Phi) is 4.25. The molecule has 0 aromatic carbocycles. The number of nitrogens with zero attached hydrogens (tertiary/aromatic N) is 2. The summed E-state index contributed by atoms with van der Waals surface area (Å²) in [6.45, 7) is 1.53. The van der Waals surface area contributed by atoms with Gasteiger partial charge in [0.2, 0.25) is 0 Å². The Bertz CT molecular complexity index is 307. The molecule has 1 aliphatic heterocycles. The van der Waals surface area contributed by atoms with Crippen LogP contribution in [0.25, 0.3) is 0 Å². The molecule has 2 heterocycles. The number of hydrogen-bond acceptors (Lipinski definition) is 4. The van der Waals surface area contributed by atoms with Gasteiger partial charge in [-0.25, -0.2) is 9.97 Å². The minimum Gasteiger partial charge on any atom is -0.378 e. The molecule has 16 heavy (non-hydrogen) atoms. The van der Waals surface area contributed by atoms with Gasteiger partial charge in [-0.2, -0.15) is 0 Å². The molecule has 1 unspecified atom stereocenters. The zero-order valence-corrected chi connectivity index (χ0v) is 9.56. The molecule has 1 fully saturated rings. The quantitative estimate of drug-likeness (QED) is 0.826. The number of rotatable bonds is 4. The van der Waals surface area contributed by atoms with E-state index in [2.05, 4.69) is 9.97 Å². The highest BCUT2D eigenvalue weighted by molar-refractivity contribution is 5.06. The molecule has 0 amide bonds. The minimum atomic E-state index is 0.314. The van der Waals surface area contributed by atoms with E-state index in [1.165, 1.54) is 12.8 Å². The third-order valence-electron chi connectivity index (χ3n) is 2.88. The first-order valence-corrected chi connectivity index (χ1v) is 6.00. The van der Waals surface area contributed by atoms with Crippen molar-refractivity contribution in [2.75, 3.05) is 13.2 Å². The molecule has 0 radical (unpaired) electrons. The first-order chi connectivity index (χ1) is 7.88. The van der Waals surface area contributed by atoms with Gasteiger partial charge >= 0.3 is 0 Å². The molecule has 1 atom stereocenters. The maximum atomic E-state index is 5.66. The summed E-state index contributed by atoms with van der Waals surface area (Å²) in [4.78, 5) is 8.69. The van der Waals surface area contributed by atoms with Crippen LogP contribution in [0.1, 0.15) is 30.7 Å². The summed E-state index contributed by atoms with van der Waals surface area (Å²) < 4.78 is 5.66. The van der Waals surface area contributed by atoms with Crippen molar-refractivity contribution in [2.24, 2.45) is 5.73 Å². The molecule has 1 saturated heterocycles. The summed E-state index contributed by atoms with van der Waals surface area (Å²) in [5.41, 5.74) is 6.58. The molecule has 0 saturated carbocycles. The Morgan fingerprint density at radius 1 is 1.31 bits per heavy atom. The van der Waals surface area contributed by atoms with Crippen molar-refractivity contribution in [3.63, 3.8) is 0 Å². The van der Waals surface area contributed by atoms with Crippen LogP contribution in [0.4, 0.5) is 0 Å². The van der Waals surface area contributed by atoms with Gasteiger partial charge in [0.1, 0.15) is 5.82 Å². The third kappa shape index (κ3) is 3.25. The number of hydrogen-bond donors (Lipinski definition) is 1. The summed E-state index contributed by atoms with van der Waals surface area (Å²) in [5.74, 6) is 0.882. The highest BCUT2D eigenvalue weighted by Crippen LogP contribution is 2.15. The largest absolute Gasteiger partial charge is 0.378 e. The molecule has 4 heteroatoms. The van der Waals surface area contributed by atoms with E-state index in [4.69, 9.17) is 10.5 Å². The van der Waals surface area contributed by atoms with Gasteiger partial charge < -0.3 is 10.5 Å². The van der Waals surface area contributed by atoms with E-state index >= 15 is 0 Å². The van der Waals surface area contributed by atoms with Gasteiger partial charge in [0.15, 0.2) is 0 Å². The van der Waals surface area contributed by atoms with Crippen molar-refractivity contribution < 1.29 is 4.74 Å². The minimum absolute atomic E-state index is 0.314. The second kappa shape index (κ2) is 5.92. The van der Waals surface area contributed by atoms with Gasteiger partial charge in [-0.15, -0.1) is 0 Å². The van der Waals surface area contributed by atoms with E-state index in [0.29, 0.717) is 12.6 Å². The lowest BCUT2D eigenvalue weighted by Crippen LogP contribution is -2.22. The first kappa shape index (κ1) is 11.5. The molecule has 4 nitrogen and oxygen atoms in total. The summed E-state index contributed by atoms with van der Waals surface area (Å²) in [6, 6.07) is 0. The van der Waals surface area contributed by atoms with E-state index in [1.54, 1.807) is 0 Å². The van der Waals surface area contributed by atoms with Crippen LogP contribution in [0.5, 0.6) is 0 Å². The van der Waals surface area contributed by atoms with Crippen LogP contribution in [0.2, 0.25) is 0 Å². The molecular weight excluding hydrogens is 202 g/mol. The number of aromatic nitrogens is 2. The van der Waals surface area contributed by atoms with Crippen molar-refractivity contribution in [3.05, 3.63) is 23.8 Å².